The minimum absolute atomic E-state index is 0.0347. The number of hydrogen-bond donors (Lipinski definition) is 0. The van der Waals surface area contributed by atoms with Crippen LogP contribution in [-0.4, -0.2) is 62.1 Å². The second-order valence-corrected chi connectivity index (χ2v) is 5.58. The largest absolute Gasteiger partial charge is 0.497 e. The molecule has 0 bridgehead atoms. The first-order valence-corrected chi connectivity index (χ1v) is 7.74. The van der Waals surface area contributed by atoms with E-state index in [4.69, 9.17) is 9.47 Å². The molecule has 0 aliphatic carbocycles. The van der Waals surface area contributed by atoms with Crippen molar-refractivity contribution >= 4 is 11.8 Å². The van der Waals surface area contributed by atoms with Gasteiger partial charge in [0, 0.05) is 33.7 Å². The number of hydrogen-bond acceptors (Lipinski definition) is 4. The van der Waals surface area contributed by atoms with Gasteiger partial charge in [0.2, 0.25) is 11.8 Å². The van der Waals surface area contributed by atoms with Crippen LogP contribution in [0, 0.1) is 0 Å². The van der Waals surface area contributed by atoms with Crippen molar-refractivity contribution in [3.8, 4) is 5.75 Å². The lowest BCUT2D eigenvalue weighted by Gasteiger charge is -2.41. The third-order valence-electron chi connectivity index (χ3n) is 4.17. The highest BCUT2D eigenvalue weighted by Gasteiger charge is 2.32. The van der Waals surface area contributed by atoms with Gasteiger partial charge in [0.25, 0.3) is 0 Å². The summed E-state index contributed by atoms with van der Waals surface area (Å²) < 4.78 is 10.2. The Balaban J connectivity index is 2.21. The van der Waals surface area contributed by atoms with Crippen LogP contribution in [0.25, 0.3) is 0 Å². The van der Waals surface area contributed by atoms with Crippen molar-refractivity contribution in [2.75, 3.05) is 40.5 Å². The highest BCUT2D eigenvalue weighted by atomic mass is 16.5. The summed E-state index contributed by atoms with van der Waals surface area (Å²) in [6.45, 7) is 3.59. The number of nitrogens with zero attached hydrogens (tertiary/aromatic N) is 2. The number of piperazine rings is 1. The summed E-state index contributed by atoms with van der Waals surface area (Å²) in [5, 5.41) is 0. The fourth-order valence-electron chi connectivity index (χ4n) is 2.81. The van der Waals surface area contributed by atoms with E-state index in [9.17, 15) is 9.59 Å². The maximum absolute atomic E-state index is 12.5. The molecule has 1 aliphatic heterocycles. The second kappa shape index (κ2) is 7.97. The normalized spacial score (nSPS) is 18.0. The van der Waals surface area contributed by atoms with Crippen LogP contribution >= 0.6 is 0 Å². The summed E-state index contributed by atoms with van der Waals surface area (Å²) in [7, 11) is 3.20. The van der Waals surface area contributed by atoms with E-state index in [1.54, 1.807) is 26.0 Å². The fraction of sp³-hybridized carbons (Fsp3) is 0.529. The van der Waals surface area contributed by atoms with Crippen LogP contribution in [-0.2, 0) is 14.3 Å². The maximum Gasteiger partial charge on any atom is 0.225 e. The van der Waals surface area contributed by atoms with E-state index in [-0.39, 0.29) is 17.9 Å². The average molecular weight is 320 g/mol. The molecule has 1 aromatic rings. The van der Waals surface area contributed by atoms with Crippen LogP contribution in [0.3, 0.4) is 0 Å². The zero-order valence-corrected chi connectivity index (χ0v) is 13.9. The van der Waals surface area contributed by atoms with Crippen molar-refractivity contribution in [3.05, 3.63) is 29.8 Å². The van der Waals surface area contributed by atoms with Crippen molar-refractivity contribution < 1.29 is 19.1 Å². The molecule has 0 unspecified atom stereocenters. The molecule has 0 aromatic heterocycles. The molecule has 2 amide bonds. The van der Waals surface area contributed by atoms with Crippen LogP contribution in [0.5, 0.6) is 5.75 Å². The van der Waals surface area contributed by atoms with Gasteiger partial charge in [0.15, 0.2) is 0 Å². The molecule has 1 fully saturated rings. The third-order valence-corrected chi connectivity index (χ3v) is 4.17. The van der Waals surface area contributed by atoms with Crippen LogP contribution in [0.1, 0.15) is 24.9 Å². The molecule has 23 heavy (non-hydrogen) atoms. The molecule has 0 N–H and O–H groups in total. The third kappa shape index (κ3) is 4.22. The first-order valence-electron chi connectivity index (χ1n) is 7.74. The van der Waals surface area contributed by atoms with E-state index < -0.39 is 0 Å². The Morgan fingerprint density at radius 2 is 1.87 bits per heavy atom. The van der Waals surface area contributed by atoms with Crippen molar-refractivity contribution in [3.63, 3.8) is 0 Å². The van der Waals surface area contributed by atoms with Gasteiger partial charge in [-0.25, -0.2) is 0 Å². The first kappa shape index (κ1) is 17.3. The molecule has 0 saturated carbocycles. The van der Waals surface area contributed by atoms with Crippen LogP contribution in [0.2, 0.25) is 0 Å². The van der Waals surface area contributed by atoms with E-state index in [2.05, 4.69) is 0 Å². The zero-order valence-electron chi connectivity index (χ0n) is 13.9. The Kier molecular flexibility index (Phi) is 5.98. The monoisotopic (exact) mass is 320 g/mol. The standard InChI is InChI=1S/C17H24N2O4/c1-13(20)18-9-10-19(17(21)8-11-22-2)16(12-18)14-4-6-15(23-3)7-5-14/h4-7,16H,8-12H2,1-3H3/t16-/m1/s1. The first-order chi connectivity index (χ1) is 11.1. The van der Waals surface area contributed by atoms with E-state index >= 15 is 0 Å². The summed E-state index contributed by atoms with van der Waals surface area (Å²) in [5.74, 6) is 0.855. The van der Waals surface area contributed by atoms with Crippen molar-refractivity contribution in [1.82, 2.24) is 9.80 Å². The molecule has 1 saturated heterocycles. The van der Waals surface area contributed by atoms with Gasteiger partial charge in [-0.15, -0.1) is 0 Å². The molecule has 6 nitrogen and oxygen atoms in total. The van der Waals surface area contributed by atoms with E-state index in [1.165, 1.54) is 0 Å². The molecule has 1 aliphatic rings. The van der Waals surface area contributed by atoms with E-state index in [0.29, 0.717) is 32.7 Å². The smallest absolute Gasteiger partial charge is 0.225 e. The van der Waals surface area contributed by atoms with Crippen LogP contribution in [0.15, 0.2) is 24.3 Å². The molecule has 1 aromatic carbocycles. The number of amides is 2. The number of carbonyl (C=O) groups is 2. The summed E-state index contributed by atoms with van der Waals surface area (Å²) >= 11 is 0. The number of benzene rings is 1. The van der Waals surface area contributed by atoms with Crippen molar-refractivity contribution in [1.29, 1.82) is 0 Å². The predicted molar refractivity (Wildman–Crippen MR) is 86.2 cm³/mol. The Morgan fingerprint density at radius 3 is 2.43 bits per heavy atom. The molecule has 1 atom stereocenters. The van der Waals surface area contributed by atoms with Gasteiger partial charge < -0.3 is 19.3 Å². The maximum atomic E-state index is 12.5. The topological polar surface area (TPSA) is 59.1 Å². The number of ether oxygens (including phenoxy) is 2. The zero-order chi connectivity index (χ0) is 16.8. The van der Waals surface area contributed by atoms with Gasteiger partial charge in [0.1, 0.15) is 5.75 Å². The molecule has 0 spiro atoms. The van der Waals surface area contributed by atoms with Crippen molar-refractivity contribution in [2.24, 2.45) is 0 Å². The van der Waals surface area contributed by atoms with E-state index in [1.807, 2.05) is 29.2 Å². The van der Waals surface area contributed by atoms with Crippen LogP contribution < -0.4 is 4.74 Å². The number of carbonyl (C=O) groups excluding carboxylic acids is 2. The lowest BCUT2D eigenvalue weighted by atomic mass is 10.0. The van der Waals surface area contributed by atoms with Crippen LogP contribution in [0.4, 0.5) is 0 Å². The Hall–Kier alpha value is -2.08. The molecule has 126 valence electrons. The van der Waals surface area contributed by atoms with Gasteiger partial charge >= 0.3 is 0 Å². The Bertz CT molecular complexity index is 544. The lowest BCUT2D eigenvalue weighted by molar-refractivity contribution is -0.142. The summed E-state index contributed by atoms with van der Waals surface area (Å²) in [6, 6.07) is 7.51. The summed E-state index contributed by atoms with van der Waals surface area (Å²) in [5.41, 5.74) is 1.00. The molecular weight excluding hydrogens is 296 g/mol. The second-order valence-electron chi connectivity index (χ2n) is 5.58. The number of rotatable bonds is 5. The SMILES string of the molecule is COCCC(=O)N1CCN(C(C)=O)C[C@@H]1c1ccc(OC)cc1. The van der Waals surface area contributed by atoms with E-state index in [0.717, 1.165) is 11.3 Å². The highest BCUT2D eigenvalue weighted by molar-refractivity contribution is 5.78. The minimum Gasteiger partial charge on any atom is -0.497 e. The summed E-state index contributed by atoms with van der Waals surface area (Å²) in [4.78, 5) is 27.8. The fourth-order valence-corrected chi connectivity index (χ4v) is 2.81. The molecular formula is C17H24N2O4. The average Bonchev–Trinajstić information content (AvgIpc) is 2.59. The molecule has 2 rings (SSSR count). The Morgan fingerprint density at radius 1 is 1.17 bits per heavy atom. The van der Waals surface area contributed by atoms with Gasteiger partial charge in [-0.1, -0.05) is 12.1 Å². The van der Waals surface area contributed by atoms with Gasteiger partial charge in [0.05, 0.1) is 26.2 Å². The van der Waals surface area contributed by atoms with Gasteiger partial charge in [-0.05, 0) is 17.7 Å². The quantitative estimate of drug-likeness (QED) is 0.824. The summed E-state index contributed by atoms with van der Waals surface area (Å²) in [6.07, 6.45) is 0.350. The number of methoxy groups -OCH3 is 2. The van der Waals surface area contributed by atoms with Gasteiger partial charge in [-0.3, -0.25) is 9.59 Å². The molecule has 0 radical (unpaired) electrons. The van der Waals surface area contributed by atoms with Crippen molar-refractivity contribution in [2.45, 2.75) is 19.4 Å². The minimum atomic E-state index is -0.136. The highest BCUT2D eigenvalue weighted by Crippen LogP contribution is 2.27. The molecule has 1 heterocycles. The Labute approximate surface area is 137 Å². The predicted octanol–water partition coefficient (Wildman–Crippen LogP) is 1.46. The lowest BCUT2D eigenvalue weighted by Crippen LogP contribution is -2.52. The van der Waals surface area contributed by atoms with Gasteiger partial charge in [-0.2, -0.15) is 0 Å². The molecule has 6 heteroatoms.